The second-order valence-corrected chi connectivity index (χ2v) is 4.86. The third-order valence-corrected chi connectivity index (χ3v) is 3.07. The first-order chi connectivity index (χ1) is 10.1. The van der Waals surface area contributed by atoms with Crippen LogP contribution in [0.3, 0.4) is 0 Å². The minimum atomic E-state index is -0.390. The SMILES string of the molecule is NCC#Cc1ccnc(NC(=O)c2cc(Cl)ccc2Cl)c1. The first kappa shape index (κ1) is 15.3. The molecule has 1 aromatic carbocycles. The van der Waals surface area contributed by atoms with E-state index in [4.69, 9.17) is 28.9 Å². The molecule has 4 nitrogen and oxygen atoms in total. The summed E-state index contributed by atoms with van der Waals surface area (Å²) in [6.07, 6.45) is 1.55. The van der Waals surface area contributed by atoms with Gasteiger partial charge in [-0.25, -0.2) is 4.98 Å². The third kappa shape index (κ3) is 4.20. The predicted octanol–water partition coefficient (Wildman–Crippen LogP) is 2.95. The fourth-order valence-corrected chi connectivity index (χ4v) is 1.96. The van der Waals surface area contributed by atoms with Crippen molar-refractivity contribution in [2.75, 3.05) is 11.9 Å². The highest BCUT2D eigenvalue weighted by molar-refractivity contribution is 6.36. The van der Waals surface area contributed by atoms with Gasteiger partial charge in [-0.05, 0) is 30.3 Å². The van der Waals surface area contributed by atoms with Crippen molar-refractivity contribution >= 4 is 34.9 Å². The maximum atomic E-state index is 12.2. The van der Waals surface area contributed by atoms with Crippen LogP contribution in [0.25, 0.3) is 0 Å². The number of pyridine rings is 1. The molecule has 0 aliphatic rings. The number of hydrogen-bond acceptors (Lipinski definition) is 3. The van der Waals surface area contributed by atoms with Crippen LogP contribution in [-0.4, -0.2) is 17.4 Å². The van der Waals surface area contributed by atoms with Crippen LogP contribution >= 0.6 is 23.2 Å². The zero-order valence-electron chi connectivity index (χ0n) is 10.9. The standard InChI is InChI=1S/C15H11Cl2N3O/c16-11-3-4-13(17)12(9-11)15(21)20-14-8-10(2-1-6-18)5-7-19-14/h3-5,7-9H,6,18H2,(H,19,20,21). The highest BCUT2D eigenvalue weighted by Crippen LogP contribution is 2.21. The molecule has 1 aromatic heterocycles. The van der Waals surface area contributed by atoms with Crippen LogP contribution in [0, 0.1) is 11.8 Å². The Balaban J connectivity index is 2.21. The summed E-state index contributed by atoms with van der Waals surface area (Å²) < 4.78 is 0. The number of amides is 1. The number of carbonyl (C=O) groups excluding carboxylic acids is 1. The van der Waals surface area contributed by atoms with E-state index in [0.29, 0.717) is 21.4 Å². The zero-order valence-corrected chi connectivity index (χ0v) is 12.4. The van der Waals surface area contributed by atoms with E-state index in [2.05, 4.69) is 22.1 Å². The minimum Gasteiger partial charge on any atom is -0.320 e. The maximum Gasteiger partial charge on any atom is 0.258 e. The Hall–Kier alpha value is -2.06. The predicted molar refractivity (Wildman–Crippen MR) is 84.6 cm³/mol. The van der Waals surface area contributed by atoms with Crippen LogP contribution in [0.2, 0.25) is 10.0 Å². The number of nitrogens with two attached hydrogens (primary N) is 1. The van der Waals surface area contributed by atoms with E-state index in [1.807, 2.05) is 0 Å². The van der Waals surface area contributed by atoms with Gasteiger partial charge in [-0.1, -0.05) is 35.0 Å². The Bertz CT molecular complexity index is 735. The van der Waals surface area contributed by atoms with Crippen LogP contribution < -0.4 is 11.1 Å². The quantitative estimate of drug-likeness (QED) is 0.836. The summed E-state index contributed by atoms with van der Waals surface area (Å²) in [4.78, 5) is 16.2. The molecule has 2 aromatic rings. The molecule has 6 heteroatoms. The topological polar surface area (TPSA) is 68.0 Å². The van der Waals surface area contributed by atoms with Crippen molar-refractivity contribution in [3.8, 4) is 11.8 Å². The second kappa shape index (κ2) is 7.09. The van der Waals surface area contributed by atoms with Crippen LogP contribution in [0.15, 0.2) is 36.5 Å². The summed E-state index contributed by atoms with van der Waals surface area (Å²) in [5.41, 5.74) is 6.31. The minimum absolute atomic E-state index is 0.266. The highest BCUT2D eigenvalue weighted by atomic mass is 35.5. The van der Waals surface area contributed by atoms with E-state index in [-0.39, 0.29) is 18.0 Å². The van der Waals surface area contributed by atoms with E-state index in [0.717, 1.165) is 0 Å². The van der Waals surface area contributed by atoms with Gasteiger partial charge < -0.3 is 11.1 Å². The molecule has 0 aliphatic heterocycles. The lowest BCUT2D eigenvalue weighted by molar-refractivity contribution is 0.102. The largest absolute Gasteiger partial charge is 0.320 e. The van der Waals surface area contributed by atoms with Gasteiger partial charge in [0, 0.05) is 16.8 Å². The summed E-state index contributed by atoms with van der Waals surface area (Å²) in [5.74, 6) is 5.58. The molecule has 0 saturated carbocycles. The summed E-state index contributed by atoms with van der Waals surface area (Å²) in [7, 11) is 0. The average Bonchev–Trinajstić information content (AvgIpc) is 2.48. The van der Waals surface area contributed by atoms with Crippen molar-refractivity contribution in [3.63, 3.8) is 0 Å². The number of benzene rings is 1. The Morgan fingerprint density at radius 3 is 2.86 bits per heavy atom. The van der Waals surface area contributed by atoms with Gasteiger partial charge in [0.2, 0.25) is 0 Å². The number of halogens is 2. The van der Waals surface area contributed by atoms with Gasteiger partial charge in [0.05, 0.1) is 17.1 Å². The number of nitrogens with one attached hydrogen (secondary N) is 1. The molecular weight excluding hydrogens is 309 g/mol. The van der Waals surface area contributed by atoms with Gasteiger partial charge in [-0.3, -0.25) is 4.79 Å². The first-order valence-corrected chi connectivity index (χ1v) is 6.77. The number of rotatable bonds is 2. The van der Waals surface area contributed by atoms with Gasteiger partial charge in [0.25, 0.3) is 5.91 Å². The molecule has 0 saturated heterocycles. The number of aromatic nitrogens is 1. The smallest absolute Gasteiger partial charge is 0.258 e. The number of anilines is 1. The van der Waals surface area contributed by atoms with Gasteiger partial charge in [-0.15, -0.1) is 0 Å². The molecule has 0 atom stereocenters. The molecule has 1 heterocycles. The van der Waals surface area contributed by atoms with Crippen molar-refractivity contribution in [2.24, 2.45) is 5.73 Å². The second-order valence-electron chi connectivity index (χ2n) is 4.01. The molecular formula is C15H11Cl2N3O. The highest BCUT2D eigenvalue weighted by Gasteiger charge is 2.11. The van der Waals surface area contributed by atoms with Crippen LogP contribution in [-0.2, 0) is 0 Å². The van der Waals surface area contributed by atoms with Crippen molar-refractivity contribution in [1.29, 1.82) is 0 Å². The third-order valence-electron chi connectivity index (χ3n) is 2.51. The zero-order chi connectivity index (χ0) is 15.2. The molecule has 0 spiro atoms. The summed E-state index contributed by atoms with van der Waals surface area (Å²) in [6, 6.07) is 8.05. The molecule has 0 unspecified atom stereocenters. The molecule has 0 aliphatic carbocycles. The lowest BCUT2D eigenvalue weighted by Crippen LogP contribution is -2.13. The molecule has 106 valence electrons. The summed E-state index contributed by atoms with van der Waals surface area (Å²) >= 11 is 11.8. The fourth-order valence-electron chi connectivity index (χ4n) is 1.58. The molecule has 1 amide bonds. The van der Waals surface area contributed by atoms with Crippen molar-refractivity contribution in [1.82, 2.24) is 4.98 Å². The number of hydrogen-bond donors (Lipinski definition) is 2. The normalized spacial score (nSPS) is 9.67. The van der Waals surface area contributed by atoms with E-state index in [1.54, 1.807) is 30.5 Å². The lowest BCUT2D eigenvalue weighted by Gasteiger charge is -2.06. The lowest BCUT2D eigenvalue weighted by atomic mass is 10.2. The van der Waals surface area contributed by atoms with E-state index in [9.17, 15) is 4.79 Å². The van der Waals surface area contributed by atoms with Gasteiger partial charge in [0.15, 0.2) is 0 Å². The van der Waals surface area contributed by atoms with E-state index in [1.165, 1.54) is 6.07 Å². The Morgan fingerprint density at radius 2 is 2.10 bits per heavy atom. The monoisotopic (exact) mass is 319 g/mol. The molecule has 0 fully saturated rings. The van der Waals surface area contributed by atoms with Crippen molar-refractivity contribution in [2.45, 2.75) is 0 Å². The van der Waals surface area contributed by atoms with Gasteiger partial charge in [-0.2, -0.15) is 0 Å². The fraction of sp³-hybridized carbons (Fsp3) is 0.0667. The Labute approximate surface area is 132 Å². The van der Waals surface area contributed by atoms with E-state index >= 15 is 0 Å². The summed E-state index contributed by atoms with van der Waals surface area (Å²) in [5, 5.41) is 3.40. The summed E-state index contributed by atoms with van der Waals surface area (Å²) in [6.45, 7) is 0.266. The number of carbonyl (C=O) groups is 1. The van der Waals surface area contributed by atoms with Crippen LogP contribution in [0.5, 0.6) is 0 Å². The van der Waals surface area contributed by atoms with Crippen molar-refractivity contribution in [3.05, 3.63) is 57.7 Å². The average molecular weight is 320 g/mol. The maximum absolute atomic E-state index is 12.2. The Morgan fingerprint density at radius 1 is 1.29 bits per heavy atom. The number of nitrogens with zero attached hydrogens (tertiary/aromatic N) is 1. The van der Waals surface area contributed by atoms with Crippen molar-refractivity contribution < 1.29 is 4.79 Å². The Kier molecular flexibility index (Phi) is 5.18. The van der Waals surface area contributed by atoms with Gasteiger partial charge in [0.1, 0.15) is 5.82 Å². The molecule has 0 bridgehead atoms. The van der Waals surface area contributed by atoms with Crippen LogP contribution in [0.1, 0.15) is 15.9 Å². The van der Waals surface area contributed by atoms with Gasteiger partial charge >= 0.3 is 0 Å². The van der Waals surface area contributed by atoms with Crippen LogP contribution in [0.4, 0.5) is 5.82 Å². The van der Waals surface area contributed by atoms with E-state index < -0.39 is 0 Å². The first-order valence-electron chi connectivity index (χ1n) is 6.01. The molecule has 0 radical (unpaired) electrons. The molecule has 3 N–H and O–H groups in total. The molecule has 2 rings (SSSR count). The molecule has 21 heavy (non-hydrogen) atoms.